The lowest BCUT2D eigenvalue weighted by molar-refractivity contribution is 0.101. The molecule has 94 valence electrons. The molecule has 0 aliphatic rings. The van der Waals surface area contributed by atoms with Crippen LogP contribution in [0.5, 0.6) is 0 Å². The van der Waals surface area contributed by atoms with Gasteiger partial charge in [-0.15, -0.1) is 0 Å². The van der Waals surface area contributed by atoms with Crippen LogP contribution >= 0.6 is 11.6 Å². The zero-order valence-corrected chi connectivity index (χ0v) is 10.8. The molecule has 1 heterocycles. The molecule has 0 atom stereocenters. The fourth-order valence-electron chi connectivity index (χ4n) is 1.62. The van der Waals surface area contributed by atoms with Gasteiger partial charge in [0.25, 0.3) is 5.91 Å². The lowest BCUT2D eigenvalue weighted by Gasteiger charge is -2.10. The predicted octanol–water partition coefficient (Wildman–Crippen LogP) is 2.22. The minimum Gasteiger partial charge on any atom is -0.398 e. The fraction of sp³-hybridized carbons (Fsp3) is 0.167. The molecule has 0 fully saturated rings. The molecule has 1 aromatic carbocycles. The summed E-state index contributed by atoms with van der Waals surface area (Å²) in [4.78, 5) is 12.0. The SMILES string of the molecule is Cc1cc(N)c(Cl)cc1NC(=O)c1ccnn1C. The summed E-state index contributed by atoms with van der Waals surface area (Å²) in [6, 6.07) is 5.01. The average molecular weight is 265 g/mol. The highest BCUT2D eigenvalue weighted by atomic mass is 35.5. The van der Waals surface area contributed by atoms with Crippen molar-refractivity contribution in [2.45, 2.75) is 6.92 Å². The summed E-state index contributed by atoms with van der Waals surface area (Å²) >= 11 is 5.93. The van der Waals surface area contributed by atoms with Gasteiger partial charge in [0.2, 0.25) is 0 Å². The van der Waals surface area contributed by atoms with Crippen molar-refractivity contribution >= 4 is 28.9 Å². The van der Waals surface area contributed by atoms with E-state index in [0.717, 1.165) is 5.56 Å². The third kappa shape index (κ3) is 2.31. The molecule has 1 amide bonds. The number of aryl methyl sites for hydroxylation is 2. The Morgan fingerprint density at radius 1 is 1.50 bits per heavy atom. The van der Waals surface area contributed by atoms with Gasteiger partial charge in [-0.1, -0.05) is 11.6 Å². The van der Waals surface area contributed by atoms with Crippen molar-refractivity contribution in [1.29, 1.82) is 0 Å². The molecule has 0 aliphatic carbocycles. The highest BCUT2D eigenvalue weighted by Crippen LogP contribution is 2.26. The van der Waals surface area contributed by atoms with Crippen LogP contribution in [0.15, 0.2) is 24.4 Å². The van der Waals surface area contributed by atoms with Crippen LogP contribution in [0.1, 0.15) is 16.1 Å². The molecule has 0 spiro atoms. The summed E-state index contributed by atoms with van der Waals surface area (Å²) in [5.74, 6) is -0.237. The largest absolute Gasteiger partial charge is 0.398 e. The van der Waals surface area contributed by atoms with E-state index in [-0.39, 0.29) is 5.91 Å². The van der Waals surface area contributed by atoms with Crippen molar-refractivity contribution in [1.82, 2.24) is 9.78 Å². The lowest BCUT2D eigenvalue weighted by atomic mass is 10.1. The zero-order chi connectivity index (χ0) is 13.3. The molecule has 0 bridgehead atoms. The summed E-state index contributed by atoms with van der Waals surface area (Å²) < 4.78 is 1.50. The molecule has 1 aromatic heterocycles. The maximum atomic E-state index is 12.0. The smallest absolute Gasteiger partial charge is 0.273 e. The molecular formula is C12H13ClN4O. The molecule has 2 rings (SSSR count). The number of benzene rings is 1. The minimum atomic E-state index is -0.237. The highest BCUT2D eigenvalue weighted by molar-refractivity contribution is 6.33. The molecule has 0 radical (unpaired) electrons. The monoisotopic (exact) mass is 264 g/mol. The van der Waals surface area contributed by atoms with Crippen molar-refractivity contribution in [3.8, 4) is 0 Å². The lowest BCUT2D eigenvalue weighted by Crippen LogP contribution is -2.16. The summed E-state index contributed by atoms with van der Waals surface area (Å²) in [5.41, 5.74) is 8.14. The van der Waals surface area contributed by atoms with Crippen molar-refractivity contribution in [3.05, 3.63) is 40.7 Å². The number of halogens is 1. The quantitative estimate of drug-likeness (QED) is 0.817. The van der Waals surface area contributed by atoms with Gasteiger partial charge in [0.1, 0.15) is 5.69 Å². The van der Waals surface area contributed by atoms with Gasteiger partial charge in [-0.3, -0.25) is 9.48 Å². The van der Waals surface area contributed by atoms with Gasteiger partial charge in [0, 0.05) is 18.9 Å². The van der Waals surface area contributed by atoms with Crippen LogP contribution in [0, 0.1) is 6.92 Å². The van der Waals surface area contributed by atoms with E-state index in [9.17, 15) is 4.79 Å². The van der Waals surface area contributed by atoms with E-state index in [0.29, 0.717) is 22.1 Å². The molecule has 0 unspecified atom stereocenters. The first kappa shape index (κ1) is 12.4. The Bertz CT molecular complexity index is 606. The number of nitrogens with one attached hydrogen (secondary N) is 1. The van der Waals surface area contributed by atoms with Crippen LogP contribution in [-0.2, 0) is 7.05 Å². The number of carbonyl (C=O) groups is 1. The predicted molar refractivity (Wildman–Crippen MR) is 71.8 cm³/mol. The first-order chi connectivity index (χ1) is 8.49. The van der Waals surface area contributed by atoms with Crippen LogP contribution < -0.4 is 11.1 Å². The van der Waals surface area contributed by atoms with Crippen LogP contribution in [-0.4, -0.2) is 15.7 Å². The van der Waals surface area contributed by atoms with E-state index in [2.05, 4.69) is 10.4 Å². The number of hydrogen-bond acceptors (Lipinski definition) is 3. The molecule has 3 N–H and O–H groups in total. The maximum Gasteiger partial charge on any atom is 0.273 e. The van der Waals surface area contributed by atoms with E-state index < -0.39 is 0 Å². The fourth-order valence-corrected chi connectivity index (χ4v) is 1.79. The van der Waals surface area contributed by atoms with Crippen LogP contribution in [0.3, 0.4) is 0 Å². The van der Waals surface area contributed by atoms with Gasteiger partial charge >= 0.3 is 0 Å². The van der Waals surface area contributed by atoms with Crippen molar-refractivity contribution in [3.63, 3.8) is 0 Å². The molecule has 5 nitrogen and oxygen atoms in total. The molecule has 2 aromatic rings. The molecule has 0 saturated heterocycles. The number of nitrogens with two attached hydrogens (primary N) is 1. The van der Waals surface area contributed by atoms with E-state index in [1.165, 1.54) is 4.68 Å². The highest BCUT2D eigenvalue weighted by Gasteiger charge is 2.12. The number of rotatable bonds is 2. The molecule has 0 aliphatic heterocycles. The van der Waals surface area contributed by atoms with Gasteiger partial charge in [-0.25, -0.2) is 0 Å². The van der Waals surface area contributed by atoms with Gasteiger partial charge in [0.15, 0.2) is 0 Å². The second-order valence-corrected chi connectivity index (χ2v) is 4.39. The van der Waals surface area contributed by atoms with E-state index in [1.54, 1.807) is 31.4 Å². The normalized spacial score (nSPS) is 10.4. The summed E-state index contributed by atoms with van der Waals surface area (Å²) in [5, 5.41) is 7.14. The van der Waals surface area contributed by atoms with Gasteiger partial charge < -0.3 is 11.1 Å². The van der Waals surface area contributed by atoms with Crippen molar-refractivity contribution < 1.29 is 4.79 Å². The number of anilines is 2. The first-order valence-corrected chi connectivity index (χ1v) is 5.72. The second-order valence-electron chi connectivity index (χ2n) is 3.98. The number of amides is 1. The minimum absolute atomic E-state index is 0.237. The molecule has 18 heavy (non-hydrogen) atoms. The second kappa shape index (κ2) is 4.70. The third-order valence-corrected chi connectivity index (χ3v) is 2.97. The number of aromatic nitrogens is 2. The van der Waals surface area contributed by atoms with Gasteiger partial charge in [0.05, 0.1) is 10.7 Å². The Balaban J connectivity index is 2.28. The molecule has 6 heteroatoms. The zero-order valence-electron chi connectivity index (χ0n) is 10.1. The Morgan fingerprint density at radius 3 is 2.83 bits per heavy atom. The Labute approximate surface area is 110 Å². The number of hydrogen-bond donors (Lipinski definition) is 2. The third-order valence-electron chi connectivity index (χ3n) is 2.65. The van der Waals surface area contributed by atoms with Crippen LogP contribution in [0.4, 0.5) is 11.4 Å². The average Bonchev–Trinajstić information content (AvgIpc) is 2.72. The van der Waals surface area contributed by atoms with Gasteiger partial charge in [-0.2, -0.15) is 5.10 Å². The Hall–Kier alpha value is -2.01. The Morgan fingerprint density at radius 2 is 2.22 bits per heavy atom. The Kier molecular flexibility index (Phi) is 3.25. The first-order valence-electron chi connectivity index (χ1n) is 5.34. The standard InChI is InChI=1S/C12H13ClN4O/c1-7-5-9(14)8(13)6-10(7)16-12(18)11-3-4-15-17(11)2/h3-6H,14H2,1-2H3,(H,16,18). The number of nitrogens with zero attached hydrogens (tertiary/aromatic N) is 2. The van der Waals surface area contributed by atoms with E-state index >= 15 is 0 Å². The topological polar surface area (TPSA) is 72.9 Å². The number of nitrogen functional groups attached to an aromatic ring is 1. The van der Waals surface area contributed by atoms with E-state index in [1.807, 2.05) is 6.92 Å². The molecular weight excluding hydrogens is 252 g/mol. The summed E-state index contributed by atoms with van der Waals surface area (Å²) in [7, 11) is 1.71. The van der Waals surface area contributed by atoms with Crippen LogP contribution in [0.25, 0.3) is 0 Å². The molecule has 0 saturated carbocycles. The van der Waals surface area contributed by atoms with Crippen molar-refractivity contribution in [2.75, 3.05) is 11.1 Å². The summed E-state index contributed by atoms with van der Waals surface area (Å²) in [6.45, 7) is 1.85. The number of carbonyl (C=O) groups excluding carboxylic acids is 1. The van der Waals surface area contributed by atoms with Crippen LogP contribution in [0.2, 0.25) is 5.02 Å². The van der Waals surface area contributed by atoms with E-state index in [4.69, 9.17) is 17.3 Å². The van der Waals surface area contributed by atoms with Gasteiger partial charge in [-0.05, 0) is 30.7 Å². The summed E-state index contributed by atoms with van der Waals surface area (Å²) in [6.07, 6.45) is 1.57. The van der Waals surface area contributed by atoms with Crippen molar-refractivity contribution in [2.24, 2.45) is 7.05 Å². The maximum absolute atomic E-state index is 12.0.